The van der Waals surface area contributed by atoms with Crippen molar-refractivity contribution in [3.8, 4) is 0 Å². The first-order valence-electron chi connectivity index (χ1n) is 6.76. The van der Waals surface area contributed by atoms with E-state index in [9.17, 15) is 26.7 Å². The summed E-state index contributed by atoms with van der Waals surface area (Å²) in [5.74, 6) is 0. The number of benzene rings is 1. The Balaban J connectivity index is 1.91. The predicted molar refractivity (Wildman–Crippen MR) is 70.3 cm³/mol. The fraction of sp³-hybridized carbons (Fsp3) is 0.571. The number of hydrogen-bond acceptors (Lipinski definition) is 3. The third-order valence-corrected chi connectivity index (χ3v) is 7.28. The summed E-state index contributed by atoms with van der Waals surface area (Å²) in [6.07, 6.45) is -3.24. The van der Waals surface area contributed by atoms with E-state index in [2.05, 4.69) is 0 Å². The summed E-state index contributed by atoms with van der Waals surface area (Å²) in [5.41, 5.74) is -1.76. The summed E-state index contributed by atoms with van der Waals surface area (Å²) in [4.78, 5) is 0. The van der Waals surface area contributed by atoms with Gasteiger partial charge in [0.25, 0.3) is 0 Å². The number of halogens is 3. The Kier molecular flexibility index (Phi) is 3.15. The molecule has 116 valence electrons. The van der Waals surface area contributed by atoms with Crippen molar-refractivity contribution in [3.63, 3.8) is 0 Å². The van der Waals surface area contributed by atoms with Gasteiger partial charge in [0.15, 0.2) is 9.84 Å². The Morgan fingerprint density at radius 2 is 1.52 bits per heavy atom. The lowest BCUT2D eigenvalue weighted by Gasteiger charge is -2.36. The minimum absolute atomic E-state index is 0.0667. The van der Waals surface area contributed by atoms with Gasteiger partial charge in [-0.1, -0.05) is 12.1 Å². The molecule has 0 aliphatic carbocycles. The summed E-state index contributed by atoms with van der Waals surface area (Å²) in [6.45, 7) is 0. The van der Waals surface area contributed by atoms with Crippen molar-refractivity contribution in [1.29, 1.82) is 0 Å². The highest BCUT2D eigenvalue weighted by Crippen LogP contribution is 2.47. The number of hydrogen-bond donors (Lipinski definition) is 1. The van der Waals surface area contributed by atoms with E-state index in [0.717, 1.165) is 12.1 Å². The van der Waals surface area contributed by atoms with Gasteiger partial charge >= 0.3 is 6.18 Å². The second kappa shape index (κ2) is 4.46. The largest absolute Gasteiger partial charge is 0.416 e. The molecule has 1 N–H and O–H groups in total. The van der Waals surface area contributed by atoms with Crippen molar-refractivity contribution in [2.45, 2.75) is 48.0 Å². The first-order valence-corrected chi connectivity index (χ1v) is 8.37. The van der Waals surface area contributed by atoms with Gasteiger partial charge < -0.3 is 5.11 Å². The molecule has 1 aromatic carbocycles. The molecule has 3 rings (SSSR count). The second-order valence-corrected chi connectivity index (χ2v) is 8.44. The summed E-state index contributed by atoms with van der Waals surface area (Å²) >= 11 is 0. The highest BCUT2D eigenvalue weighted by Gasteiger charge is 2.53. The third-order valence-electron chi connectivity index (χ3n) is 4.62. The van der Waals surface area contributed by atoms with Gasteiger partial charge in [-0.2, -0.15) is 13.2 Å². The molecule has 2 fully saturated rings. The number of alkyl halides is 3. The van der Waals surface area contributed by atoms with Crippen molar-refractivity contribution in [3.05, 3.63) is 35.4 Å². The molecule has 2 heterocycles. The fourth-order valence-corrected chi connectivity index (χ4v) is 5.94. The molecule has 21 heavy (non-hydrogen) atoms. The molecule has 3 nitrogen and oxygen atoms in total. The summed E-state index contributed by atoms with van der Waals surface area (Å²) in [7, 11) is -3.18. The fourth-order valence-electron chi connectivity index (χ4n) is 3.45. The smallest absolute Gasteiger partial charge is 0.385 e. The third kappa shape index (κ3) is 2.36. The van der Waals surface area contributed by atoms with Crippen molar-refractivity contribution in [2.24, 2.45) is 0 Å². The van der Waals surface area contributed by atoms with Crippen LogP contribution in [0.4, 0.5) is 13.2 Å². The number of rotatable bonds is 1. The quantitative estimate of drug-likeness (QED) is 0.865. The number of aliphatic hydroxyl groups is 1. The Morgan fingerprint density at radius 1 is 1.05 bits per heavy atom. The molecule has 2 atom stereocenters. The topological polar surface area (TPSA) is 54.4 Å². The molecule has 2 saturated heterocycles. The van der Waals surface area contributed by atoms with Gasteiger partial charge in [-0.15, -0.1) is 0 Å². The van der Waals surface area contributed by atoms with Crippen LogP contribution in [0.25, 0.3) is 0 Å². The van der Waals surface area contributed by atoms with Gasteiger partial charge in [0.1, 0.15) is 0 Å². The van der Waals surface area contributed by atoms with Crippen LogP contribution in [0.2, 0.25) is 0 Å². The Morgan fingerprint density at radius 3 is 1.95 bits per heavy atom. The van der Waals surface area contributed by atoms with E-state index in [-0.39, 0.29) is 12.8 Å². The van der Waals surface area contributed by atoms with Crippen LogP contribution in [0.3, 0.4) is 0 Å². The van der Waals surface area contributed by atoms with Crippen LogP contribution in [0.15, 0.2) is 24.3 Å². The van der Waals surface area contributed by atoms with Crippen molar-refractivity contribution in [2.75, 3.05) is 0 Å². The van der Waals surface area contributed by atoms with Crippen molar-refractivity contribution >= 4 is 9.84 Å². The molecule has 0 spiro atoms. The second-order valence-electron chi connectivity index (χ2n) is 5.93. The van der Waals surface area contributed by atoms with Crippen LogP contribution in [-0.4, -0.2) is 24.0 Å². The molecule has 2 aliphatic rings. The van der Waals surface area contributed by atoms with Crippen LogP contribution in [0.1, 0.15) is 36.8 Å². The predicted octanol–water partition coefficient (Wildman–Crippen LogP) is 2.63. The first kappa shape index (κ1) is 14.8. The van der Waals surface area contributed by atoms with E-state index in [1.807, 2.05) is 0 Å². The summed E-state index contributed by atoms with van der Waals surface area (Å²) in [6, 6.07) is 4.36. The Labute approximate surface area is 120 Å². The maximum atomic E-state index is 12.6. The van der Waals surface area contributed by atoms with Gasteiger partial charge in [-0.25, -0.2) is 8.42 Å². The standard InChI is InChI=1S/C14H15F3O3S/c15-14(16,17)10-3-1-9(2-4-10)13(18)7-11-5-6-12(8-13)21(11,19)20/h1-4,11-12,18H,5-8H2. The van der Waals surface area contributed by atoms with Crippen LogP contribution < -0.4 is 0 Å². The molecule has 2 bridgehead atoms. The van der Waals surface area contributed by atoms with Gasteiger partial charge in [-0.05, 0) is 43.4 Å². The molecule has 0 saturated carbocycles. The van der Waals surface area contributed by atoms with Gasteiger partial charge in [0, 0.05) is 0 Å². The molecule has 0 aromatic heterocycles. The van der Waals surface area contributed by atoms with Gasteiger partial charge in [0.2, 0.25) is 0 Å². The van der Waals surface area contributed by atoms with Crippen LogP contribution in [0, 0.1) is 0 Å². The van der Waals surface area contributed by atoms with Gasteiger partial charge in [-0.3, -0.25) is 0 Å². The van der Waals surface area contributed by atoms with E-state index in [4.69, 9.17) is 0 Å². The molecular formula is C14H15F3O3S. The van der Waals surface area contributed by atoms with E-state index < -0.39 is 37.7 Å². The zero-order chi connectivity index (χ0) is 15.5. The van der Waals surface area contributed by atoms with Crippen LogP contribution in [0.5, 0.6) is 0 Å². The number of fused-ring (bicyclic) bond motifs is 2. The van der Waals surface area contributed by atoms with Gasteiger partial charge in [0.05, 0.1) is 21.7 Å². The summed E-state index contributed by atoms with van der Waals surface area (Å²) in [5, 5.41) is 9.54. The van der Waals surface area contributed by atoms with Crippen LogP contribution >= 0.6 is 0 Å². The van der Waals surface area contributed by atoms with Crippen molar-refractivity contribution in [1.82, 2.24) is 0 Å². The summed E-state index contributed by atoms with van der Waals surface area (Å²) < 4.78 is 61.7. The lowest BCUT2D eigenvalue weighted by Crippen LogP contribution is -2.43. The maximum Gasteiger partial charge on any atom is 0.416 e. The van der Waals surface area contributed by atoms with E-state index in [1.54, 1.807) is 0 Å². The average Bonchev–Trinajstić information content (AvgIpc) is 2.58. The highest BCUT2D eigenvalue weighted by atomic mass is 32.2. The van der Waals surface area contributed by atoms with Crippen molar-refractivity contribution < 1.29 is 26.7 Å². The van der Waals surface area contributed by atoms with E-state index >= 15 is 0 Å². The molecular weight excluding hydrogens is 305 g/mol. The Hall–Kier alpha value is -1.08. The van der Waals surface area contributed by atoms with Crippen LogP contribution in [-0.2, 0) is 21.6 Å². The maximum absolute atomic E-state index is 12.6. The molecule has 2 aliphatic heterocycles. The zero-order valence-corrected chi connectivity index (χ0v) is 11.9. The monoisotopic (exact) mass is 320 g/mol. The minimum Gasteiger partial charge on any atom is -0.385 e. The SMILES string of the molecule is O=S1(=O)C2CCC1CC(O)(c1ccc(C(F)(F)F)cc1)C2. The van der Waals surface area contributed by atoms with E-state index in [0.29, 0.717) is 18.4 Å². The zero-order valence-electron chi connectivity index (χ0n) is 11.1. The first-order chi connectivity index (χ1) is 9.63. The lowest BCUT2D eigenvalue weighted by molar-refractivity contribution is -0.137. The molecule has 0 radical (unpaired) electrons. The lowest BCUT2D eigenvalue weighted by atomic mass is 9.85. The normalized spacial score (nSPS) is 34.9. The molecule has 7 heteroatoms. The average molecular weight is 320 g/mol. The van der Waals surface area contributed by atoms with E-state index in [1.165, 1.54) is 12.1 Å². The highest BCUT2D eigenvalue weighted by molar-refractivity contribution is 7.93. The molecule has 1 aromatic rings. The number of sulfone groups is 1. The molecule has 2 unspecified atom stereocenters. The Bertz CT molecular complexity index is 629. The minimum atomic E-state index is -4.42. The molecule has 0 amide bonds.